The topological polar surface area (TPSA) is 90.9 Å². The number of carboxylic acids is 1. The quantitative estimate of drug-likeness (QED) is 0.646. The summed E-state index contributed by atoms with van der Waals surface area (Å²) in [4.78, 5) is 22.0. The molecule has 3 aromatic rings. The number of hydrogen-bond acceptors (Lipinski definition) is 4. The maximum Gasteiger partial charge on any atom is 0.416 e. The second kappa shape index (κ2) is 6.51. The fraction of sp³-hybridized carbons (Fsp3) is 0.118. The molecule has 1 aromatic carbocycles. The van der Waals surface area contributed by atoms with E-state index in [9.17, 15) is 18.0 Å². The highest BCUT2D eigenvalue weighted by Crippen LogP contribution is 2.31. The van der Waals surface area contributed by atoms with Crippen LogP contribution in [0.1, 0.15) is 21.6 Å². The fourth-order valence-electron chi connectivity index (χ4n) is 2.35. The molecule has 0 aliphatic heterocycles. The third-order valence-electron chi connectivity index (χ3n) is 3.60. The van der Waals surface area contributed by atoms with E-state index in [1.807, 2.05) is 0 Å². The van der Waals surface area contributed by atoms with Crippen LogP contribution in [0.15, 0.2) is 42.7 Å². The molecule has 3 N–H and O–H groups in total. The Bertz CT molecular complexity index is 967. The number of carbonyl (C=O) groups is 1. The molecule has 0 bridgehead atoms. The Kier molecular flexibility index (Phi) is 4.37. The molecule has 0 spiro atoms. The lowest BCUT2D eigenvalue weighted by Gasteiger charge is -2.11. The van der Waals surface area contributed by atoms with Gasteiger partial charge in [0.05, 0.1) is 11.3 Å². The van der Waals surface area contributed by atoms with E-state index in [4.69, 9.17) is 5.11 Å². The van der Waals surface area contributed by atoms with Crippen LogP contribution in [0.2, 0.25) is 0 Å². The van der Waals surface area contributed by atoms with Crippen LogP contribution >= 0.6 is 0 Å². The molecule has 134 valence electrons. The van der Waals surface area contributed by atoms with Gasteiger partial charge in [-0.3, -0.25) is 0 Å². The maximum atomic E-state index is 12.8. The summed E-state index contributed by atoms with van der Waals surface area (Å²) in [6, 6.07) is 6.11. The van der Waals surface area contributed by atoms with Gasteiger partial charge >= 0.3 is 12.1 Å². The number of aromatic amines is 1. The molecule has 9 heteroatoms. The summed E-state index contributed by atoms with van der Waals surface area (Å²) >= 11 is 0. The van der Waals surface area contributed by atoms with Crippen molar-refractivity contribution in [3.8, 4) is 11.3 Å². The van der Waals surface area contributed by atoms with Crippen molar-refractivity contribution in [3.05, 3.63) is 59.5 Å². The van der Waals surface area contributed by atoms with Crippen LogP contribution in [0.25, 0.3) is 11.3 Å². The Labute approximate surface area is 145 Å². The molecule has 0 atom stereocenters. The molecule has 0 saturated carbocycles. The number of halogens is 3. The van der Waals surface area contributed by atoms with E-state index in [2.05, 4.69) is 20.3 Å². The Morgan fingerprint density at radius 2 is 2.04 bits per heavy atom. The first-order chi connectivity index (χ1) is 12.2. The van der Waals surface area contributed by atoms with Crippen molar-refractivity contribution in [3.63, 3.8) is 0 Å². The molecule has 2 aromatic heterocycles. The van der Waals surface area contributed by atoms with Crippen LogP contribution in [0.5, 0.6) is 0 Å². The van der Waals surface area contributed by atoms with Crippen LogP contribution in [0.4, 0.5) is 24.8 Å². The minimum Gasteiger partial charge on any atom is -0.477 e. The van der Waals surface area contributed by atoms with Crippen molar-refractivity contribution in [2.75, 3.05) is 5.32 Å². The zero-order valence-electron chi connectivity index (χ0n) is 13.4. The van der Waals surface area contributed by atoms with E-state index in [1.165, 1.54) is 30.6 Å². The second-order valence-corrected chi connectivity index (χ2v) is 5.54. The SMILES string of the molecule is Cc1cnc(Nc2cccc(C(F)(F)F)c2)nc1-c1c[nH]c(C(=O)O)c1. The van der Waals surface area contributed by atoms with Gasteiger partial charge in [0, 0.05) is 23.6 Å². The highest BCUT2D eigenvalue weighted by molar-refractivity contribution is 5.87. The summed E-state index contributed by atoms with van der Waals surface area (Å²) in [7, 11) is 0. The molecule has 0 amide bonds. The Balaban J connectivity index is 1.91. The summed E-state index contributed by atoms with van der Waals surface area (Å²) in [5.41, 5.74) is 1.11. The number of nitrogens with zero attached hydrogens (tertiary/aromatic N) is 2. The predicted molar refractivity (Wildman–Crippen MR) is 88.2 cm³/mol. The molecule has 0 radical (unpaired) electrons. The smallest absolute Gasteiger partial charge is 0.416 e. The zero-order chi connectivity index (χ0) is 18.9. The molecule has 0 aliphatic rings. The van der Waals surface area contributed by atoms with E-state index >= 15 is 0 Å². The van der Waals surface area contributed by atoms with Crippen molar-refractivity contribution in [1.29, 1.82) is 0 Å². The van der Waals surface area contributed by atoms with Crippen molar-refractivity contribution in [2.45, 2.75) is 13.1 Å². The van der Waals surface area contributed by atoms with E-state index < -0.39 is 17.7 Å². The monoisotopic (exact) mass is 362 g/mol. The third-order valence-corrected chi connectivity index (χ3v) is 3.60. The van der Waals surface area contributed by atoms with Gasteiger partial charge in [0.2, 0.25) is 5.95 Å². The van der Waals surface area contributed by atoms with Gasteiger partial charge in [-0.1, -0.05) is 6.07 Å². The zero-order valence-corrected chi connectivity index (χ0v) is 13.4. The minimum atomic E-state index is -4.45. The van der Waals surface area contributed by atoms with Crippen molar-refractivity contribution >= 4 is 17.6 Å². The number of H-pyrrole nitrogens is 1. The average molecular weight is 362 g/mol. The van der Waals surface area contributed by atoms with Crippen LogP contribution in [0, 0.1) is 6.92 Å². The summed E-state index contributed by atoms with van der Waals surface area (Å²) in [5, 5.41) is 11.7. The lowest BCUT2D eigenvalue weighted by molar-refractivity contribution is -0.137. The number of aromatic nitrogens is 3. The standard InChI is InChI=1S/C17H13F3N4O2/c1-9-7-22-16(23-12-4-2-3-11(6-12)17(18,19)20)24-14(9)10-5-13(15(25)26)21-8-10/h2-8,21H,1H3,(H,25,26)(H,22,23,24). The van der Waals surface area contributed by atoms with Crippen molar-refractivity contribution in [1.82, 2.24) is 15.0 Å². The number of benzene rings is 1. The Morgan fingerprint density at radius 1 is 1.27 bits per heavy atom. The van der Waals surface area contributed by atoms with Gasteiger partial charge in [0.1, 0.15) is 5.69 Å². The second-order valence-electron chi connectivity index (χ2n) is 5.54. The lowest BCUT2D eigenvalue weighted by Crippen LogP contribution is -2.06. The molecule has 6 nitrogen and oxygen atoms in total. The molecule has 0 saturated heterocycles. The van der Waals surface area contributed by atoms with Gasteiger partial charge in [-0.25, -0.2) is 14.8 Å². The fourth-order valence-corrected chi connectivity index (χ4v) is 2.35. The number of aromatic carboxylic acids is 1. The largest absolute Gasteiger partial charge is 0.477 e. The molecule has 0 fully saturated rings. The van der Waals surface area contributed by atoms with Gasteiger partial charge in [-0.2, -0.15) is 13.2 Å². The van der Waals surface area contributed by atoms with Crippen molar-refractivity contribution in [2.24, 2.45) is 0 Å². The van der Waals surface area contributed by atoms with Gasteiger partial charge in [-0.05, 0) is 36.8 Å². The van der Waals surface area contributed by atoms with E-state index in [0.717, 1.165) is 12.1 Å². The number of aryl methyl sites for hydroxylation is 1. The number of anilines is 2. The van der Waals surface area contributed by atoms with Crippen LogP contribution in [-0.4, -0.2) is 26.0 Å². The van der Waals surface area contributed by atoms with Crippen LogP contribution in [-0.2, 0) is 6.18 Å². The third kappa shape index (κ3) is 3.66. The molecule has 2 heterocycles. The Morgan fingerprint density at radius 3 is 2.69 bits per heavy atom. The van der Waals surface area contributed by atoms with Gasteiger partial charge in [0.15, 0.2) is 0 Å². The summed E-state index contributed by atoms with van der Waals surface area (Å²) in [5.74, 6) is -1.01. The highest BCUT2D eigenvalue weighted by atomic mass is 19.4. The number of rotatable bonds is 4. The first kappa shape index (κ1) is 17.5. The number of carboxylic acid groups (broad SMARTS) is 1. The summed E-state index contributed by atoms with van der Waals surface area (Å²) in [6.07, 6.45) is -1.45. The summed E-state index contributed by atoms with van der Waals surface area (Å²) < 4.78 is 38.4. The first-order valence-corrected chi connectivity index (χ1v) is 7.44. The molecule has 0 aliphatic carbocycles. The number of nitrogens with one attached hydrogen (secondary N) is 2. The molecule has 3 rings (SSSR count). The molecule has 26 heavy (non-hydrogen) atoms. The minimum absolute atomic E-state index is 0.00500. The highest BCUT2D eigenvalue weighted by Gasteiger charge is 2.30. The molecule has 0 unspecified atom stereocenters. The van der Waals surface area contributed by atoms with Gasteiger partial charge < -0.3 is 15.4 Å². The van der Waals surface area contributed by atoms with E-state index in [-0.39, 0.29) is 17.3 Å². The normalized spacial score (nSPS) is 11.4. The average Bonchev–Trinajstić information content (AvgIpc) is 3.06. The van der Waals surface area contributed by atoms with Crippen molar-refractivity contribution < 1.29 is 23.1 Å². The predicted octanol–water partition coefficient (Wildman–Crippen LogP) is 4.24. The number of alkyl halides is 3. The van der Waals surface area contributed by atoms with Crippen LogP contribution in [0.3, 0.4) is 0 Å². The van der Waals surface area contributed by atoms with Gasteiger partial charge in [0.25, 0.3) is 0 Å². The summed E-state index contributed by atoms with van der Waals surface area (Å²) in [6.45, 7) is 1.75. The Hall–Kier alpha value is -3.36. The number of hydrogen-bond donors (Lipinski definition) is 3. The lowest BCUT2D eigenvalue weighted by atomic mass is 10.1. The maximum absolute atomic E-state index is 12.8. The molecular formula is C17H13F3N4O2. The first-order valence-electron chi connectivity index (χ1n) is 7.44. The molecular weight excluding hydrogens is 349 g/mol. The van der Waals surface area contributed by atoms with E-state index in [0.29, 0.717) is 16.8 Å². The van der Waals surface area contributed by atoms with E-state index in [1.54, 1.807) is 6.92 Å². The van der Waals surface area contributed by atoms with Gasteiger partial charge in [-0.15, -0.1) is 0 Å². The van der Waals surface area contributed by atoms with Crippen LogP contribution < -0.4 is 5.32 Å².